The van der Waals surface area contributed by atoms with Crippen molar-refractivity contribution in [2.24, 2.45) is 0 Å². The topological polar surface area (TPSA) is 42.0 Å². The van der Waals surface area contributed by atoms with Crippen LogP contribution in [0.15, 0.2) is 48.7 Å². The van der Waals surface area contributed by atoms with Crippen molar-refractivity contribution in [2.45, 2.75) is 33.2 Å². The number of carbonyl (C=O) groups excluding carboxylic acids is 1. The SMILES string of the molecule is Cc1ccc(C)c(C#CC(C)(C)NC(=O)c2cnc3c(F)cccc3c2)c1. The third-order valence-electron chi connectivity index (χ3n) is 4.25. The summed E-state index contributed by atoms with van der Waals surface area (Å²) in [6.45, 7) is 7.72. The van der Waals surface area contributed by atoms with E-state index in [2.05, 4.69) is 22.1 Å². The van der Waals surface area contributed by atoms with Crippen LogP contribution in [0.2, 0.25) is 0 Å². The fraction of sp³-hybridized carbons (Fsp3) is 0.217. The predicted molar refractivity (Wildman–Crippen MR) is 106 cm³/mol. The molecule has 1 N–H and O–H groups in total. The molecular formula is C23H21FN2O. The van der Waals surface area contributed by atoms with Crippen molar-refractivity contribution < 1.29 is 9.18 Å². The molecular weight excluding hydrogens is 339 g/mol. The molecule has 3 rings (SSSR count). The monoisotopic (exact) mass is 360 g/mol. The van der Waals surface area contributed by atoms with Crippen molar-refractivity contribution in [1.29, 1.82) is 0 Å². The normalized spacial score (nSPS) is 11.0. The Hall–Kier alpha value is -3.19. The van der Waals surface area contributed by atoms with Crippen LogP contribution in [0.4, 0.5) is 4.39 Å². The van der Waals surface area contributed by atoms with Gasteiger partial charge in [-0.25, -0.2) is 4.39 Å². The number of para-hydroxylation sites is 1. The van der Waals surface area contributed by atoms with Gasteiger partial charge in [-0.05, 0) is 57.0 Å². The molecule has 0 fully saturated rings. The van der Waals surface area contributed by atoms with Crippen LogP contribution in [0.1, 0.15) is 40.9 Å². The van der Waals surface area contributed by atoms with Gasteiger partial charge < -0.3 is 5.32 Å². The summed E-state index contributed by atoms with van der Waals surface area (Å²) in [6, 6.07) is 12.4. The molecule has 4 heteroatoms. The summed E-state index contributed by atoms with van der Waals surface area (Å²) < 4.78 is 13.7. The predicted octanol–water partition coefficient (Wildman–Crippen LogP) is 4.55. The molecule has 3 nitrogen and oxygen atoms in total. The summed E-state index contributed by atoms with van der Waals surface area (Å²) in [5.41, 5.74) is 3.07. The van der Waals surface area contributed by atoms with Gasteiger partial charge in [-0.3, -0.25) is 9.78 Å². The maximum Gasteiger partial charge on any atom is 0.254 e. The number of pyridine rings is 1. The fourth-order valence-corrected chi connectivity index (χ4v) is 2.73. The highest BCUT2D eigenvalue weighted by atomic mass is 19.1. The number of benzene rings is 2. The van der Waals surface area contributed by atoms with Gasteiger partial charge in [0, 0.05) is 17.1 Å². The highest BCUT2D eigenvalue weighted by Crippen LogP contribution is 2.17. The van der Waals surface area contributed by atoms with E-state index in [1.165, 1.54) is 12.3 Å². The number of rotatable bonds is 2. The third kappa shape index (κ3) is 4.32. The Morgan fingerprint density at radius 3 is 2.70 bits per heavy atom. The number of aryl methyl sites for hydroxylation is 2. The van der Waals surface area contributed by atoms with Crippen molar-refractivity contribution in [1.82, 2.24) is 10.3 Å². The van der Waals surface area contributed by atoms with Crippen LogP contribution in [0, 0.1) is 31.5 Å². The molecule has 1 amide bonds. The molecule has 0 radical (unpaired) electrons. The average Bonchev–Trinajstić information content (AvgIpc) is 2.62. The van der Waals surface area contributed by atoms with E-state index in [9.17, 15) is 9.18 Å². The number of hydrogen-bond donors (Lipinski definition) is 1. The average molecular weight is 360 g/mol. The van der Waals surface area contributed by atoms with E-state index in [1.54, 1.807) is 18.2 Å². The highest BCUT2D eigenvalue weighted by molar-refractivity contribution is 5.97. The van der Waals surface area contributed by atoms with Crippen molar-refractivity contribution >= 4 is 16.8 Å². The highest BCUT2D eigenvalue weighted by Gasteiger charge is 2.19. The van der Waals surface area contributed by atoms with Gasteiger partial charge in [0.25, 0.3) is 5.91 Å². The molecule has 3 aromatic rings. The van der Waals surface area contributed by atoms with Crippen LogP contribution in [-0.2, 0) is 0 Å². The van der Waals surface area contributed by atoms with Crippen LogP contribution in [0.5, 0.6) is 0 Å². The van der Waals surface area contributed by atoms with Crippen molar-refractivity contribution in [3.63, 3.8) is 0 Å². The summed E-state index contributed by atoms with van der Waals surface area (Å²) in [6.07, 6.45) is 1.38. The molecule has 0 aliphatic heterocycles. The number of halogens is 1. The lowest BCUT2D eigenvalue weighted by atomic mass is 10.0. The standard InChI is InChI=1S/C23H21FN2O/c1-15-8-9-16(2)17(12-15)10-11-23(3,4)26-22(27)19-13-18-6-5-7-20(24)21(18)25-14-19/h5-9,12-14H,1-4H3,(H,26,27). The van der Waals surface area contributed by atoms with E-state index in [0.29, 0.717) is 10.9 Å². The molecule has 0 aliphatic carbocycles. The molecule has 0 atom stereocenters. The quantitative estimate of drug-likeness (QED) is 0.681. The number of nitrogens with one attached hydrogen (secondary N) is 1. The van der Waals surface area contributed by atoms with E-state index in [4.69, 9.17) is 0 Å². The van der Waals surface area contributed by atoms with E-state index in [0.717, 1.165) is 16.7 Å². The Balaban J connectivity index is 1.82. The smallest absolute Gasteiger partial charge is 0.254 e. The van der Waals surface area contributed by atoms with Crippen LogP contribution < -0.4 is 5.32 Å². The first-order valence-electron chi connectivity index (χ1n) is 8.72. The lowest BCUT2D eigenvalue weighted by molar-refractivity contribution is 0.0929. The first-order chi connectivity index (χ1) is 12.7. The maximum atomic E-state index is 13.7. The molecule has 1 aromatic heterocycles. The third-order valence-corrected chi connectivity index (χ3v) is 4.25. The van der Waals surface area contributed by atoms with Gasteiger partial charge in [-0.2, -0.15) is 0 Å². The van der Waals surface area contributed by atoms with Gasteiger partial charge in [0.1, 0.15) is 11.3 Å². The van der Waals surface area contributed by atoms with Gasteiger partial charge in [-0.1, -0.05) is 36.1 Å². The summed E-state index contributed by atoms with van der Waals surface area (Å²) in [5.74, 6) is 5.59. The van der Waals surface area contributed by atoms with Gasteiger partial charge >= 0.3 is 0 Å². The number of hydrogen-bond acceptors (Lipinski definition) is 2. The molecule has 0 aliphatic rings. The Bertz CT molecular complexity index is 1090. The zero-order chi connectivity index (χ0) is 19.6. The first-order valence-corrected chi connectivity index (χ1v) is 8.72. The number of nitrogens with zero attached hydrogens (tertiary/aromatic N) is 1. The summed E-state index contributed by atoms with van der Waals surface area (Å²) in [4.78, 5) is 16.7. The Morgan fingerprint density at radius 1 is 1.15 bits per heavy atom. The van der Waals surface area contributed by atoms with Crippen molar-refractivity contribution in [3.8, 4) is 11.8 Å². The molecule has 0 saturated carbocycles. The van der Waals surface area contributed by atoms with E-state index >= 15 is 0 Å². The van der Waals surface area contributed by atoms with Gasteiger partial charge in [0.2, 0.25) is 0 Å². The number of aromatic nitrogens is 1. The van der Waals surface area contributed by atoms with Gasteiger partial charge in [0.05, 0.1) is 11.1 Å². The molecule has 1 heterocycles. The summed E-state index contributed by atoms with van der Waals surface area (Å²) >= 11 is 0. The lowest BCUT2D eigenvalue weighted by Crippen LogP contribution is -2.42. The zero-order valence-electron chi connectivity index (χ0n) is 15.9. The van der Waals surface area contributed by atoms with E-state index in [1.807, 2.05) is 45.9 Å². The molecule has 136 valence electrons. The number of amides is 1. The van der Waals surface area contributed by atoms with Crippen molar-refractivity contribution in [3.05, 3.63) is 76.7 Å². The Morgan fingerprint density at radius 2 is 1.93 bits per heavy atom. The summed E-state index contributed by atoms with van der Waals surface area (Å²) in [5, 5.41) is 3.50. The summed E-state index contributed by atoms with van der Waals surface area (Å²) in [7, 11) is 0. The molecule has 0 saturated heterocycles. The second-order valence-corrected chi connectivity index (χ2v) is 7.18. The second kappa shape index (κ2) is 7.20. The number of fused-ring (bicyclic) bond motifs is 1. The minimum atomic E-state index is -0.732. The Labute approximate surface area is 158 Å². The van der Waals surface area contributed by atoms with E-state index in [-0.39, 0.29) is 11.4 Å². The molecule has 0 unspecified atom stereocenters. The zero-order valence-corrected chi connectivity index (χ0v) is 15.9. The van der Waals surface area contributed by atoms with Gasteiger partial charge in [-0.15, -0.1) is 0 Å². The largest absolute Gasteiger partial charge is 0.336 e. The fourth-order valence-electron chi connectivity index (χ4n) is 2.73. The Kier molecular flexibility index (Phi) is 4.96. The van der Waals surface area contributed by atoms with E-state index < -0.39 is 11.4 Å². The van der Waals surface area contributed by atoms with Crippen LogP contribution in [-0.4, -0.2) is 16.4 Å². The molecule has 27 heavy (non-hydrogen) atoms. The van der Waals surface area contributed by atoms with Gasteiger partial charge in [0.15, 0.2) is 0 Å². The molecule has 2 aromatic carbocycles. The molecule has 0 spiro atoms. The lowest BCUT2D eigenvalue weighted by Gasteiger charge is -2.20. The maximum absolute atomic E-state index is 13.7. The van der Waals surface area contributed by atoms with Crippen LogP contribution in [0.3, 0.4) is 0 Å². The minimum absolute atomic E-state index is 0.253. The van der Waals surface area contributed by atoms with Crippen molar-refractivity contribution in [2.75, 3.05) is 0 Å². The van der Waals surface area contributed by atoms with Crippen LogP contribution in [0.25, 0.3) is 10.9 Å². The first kappa shape index (κ1) is 18.6. The minimum Gasteiger partial charge on any atom is -0.336 e. The number of carbonyl (C=O) groups is 1. The second-order valence-electron chi connectivity index (χ2n) is 7.18. The van der Waals surface area contributed by atoms with Crippen LogP contribution >= 0.6 is 0 Å². The molecule has 0 bridgehead atoms.